The molecule has 0 saturated heterocycles. The number of fused-ring (bicyclic) bond motifs is 1. The zero-order chi connectivity index (χ0) is 11.4. The molecule has 0 aliphatic carbocycles. The van der Waals surface area contributed by atoms with Gasteiger partial charge in [0.25, 0.3) is 5.56 Å². The summed E-state index contributed by atoms with van der Waals surface area (Å²) in [6, 6.07) is 7.49. The van der Waals surface area contributed by atoms with Crippen LogP contribution in [-0.2, 0) is 0 Å². The van der Waals surface area contributed by atoms with Crippen molar-refractivity contribution in [3.05, 3.63) is 40.8 Å². The topological polar surface area (TPSA) is 42.1 Å². The fraction of sp³-hybridized carbons (Fsp3) is 0.308. The van der Waals surface area contributed by atoms with Gasteiger partial charge in [0.2, 0.25) is 0 Å². The van der Waals surface area contributed by atoms with Crippen LogP contribution in [0.15, 0.2) is 35.3 Å². The van der Waals surface area contributed by atoms with E-state index in [1.807, 2.05) is 18.2 Å². The Morgan fingerprint density at radius 3 is 3.00 bits per heavy atom. The molecule has 2 rings (SSSR count). The minimum atomic E-state index is -0.0709. The zero-order valence-corrected chi connectivity index (χ0v) is 9.32. The number of unbranched alkanes of at least 4 members (excludes halogenated alkanes) is 1. The first kappa shape index (κ1) is 10.7. The van der Waals surface area contributed by atoms with E-state index in [1.54, 1.807) is 12.3 Å². The molecule has 84 valence electrons. The summed E-state index contributed by atoms with van der Waals surface area (Å²) < 4.78 is 5.56. The molecule has 0 fully saturated rings. The molecule has 2 aromatic rings. The van der Waals surface area contributed by atoms with Crippen molar-refractivity contribution in [2.24, 2.45) is 0 Å². The molecule has 1 heterocycles. The number of benzene rings is 1. The van der Waals surface area contributed by atoms with E-state index in [9.17, 15) is 4.79 Å². The molecule has 0 aliphatic heterocycles. The maximum absolute atomic E-state index is 11.5. The van der Waals surface area contributed by atoms with E-state index in [0.29, 0.717) is 12.0 Å². The Balaban J connectivity index is 2.29. The number of nitrogens with one attached hydrogen (secondary N) is 1. The largest absolute Gasteiger partial charge is 0.494 e. The van der Waals surface area contributed by atoms with Crippen LogP contribution in [0.5, 0.6) is 5.75 Å². The molecule has 1 aromatic heterocycles. The highest BCUT2D eigenvalue weighted by Crippen LogP contribution is 2.17. The van der Waals surface area contributed by atoms with Crippen molar-refractivity contribution in [3.8, 4) is 5.75 Å². The fourth-order valence-electron chi connectivity index (χ4n) is 1.59. The Labute approximate surface area is 94.1 Å². The molecular weight excluding hydrogens is 202 g/mol. The Hall–Kier alpha value is -1.77. The van der Waals surface area contributed by atoms with Crippen LogP contribution in [0.25, 0.3) is 10.8 Å². The van der Waals surface area contributed by atoms with Gasteiger partial charge in [0, 0.05) is 6.20 Å². The SMILES string of the molecule is CCCCOc1ccc2cc[nH]c(=O)c2c1. The molecular formula is C13H15NO2. The van der Waals surface area contributed by atoms with Crippen molar-refractivity contribution in [3.63, 3.8) is 0 Å². The highest BCUT2D eigenvalue weighted by molar-refractivity contribution is 5.82. The van der Waals surface area contributed by atoms with E-state index in [4.69, 9.17) is 4.74 Å². The summed E-state index contributed by atoms with van der Waals surface area (Å²) in [6.45, 7) is 2.82. The van der Waals surface area contributed by atoms with Gasteiger partial charge in [-0.15, -0.1) is 0 Å². The molecule has 0 spiro atoms. The maximum Gasteiger partial charge on any atom is 0.255 e. The molecule has 0 unspecified atom stereocenters. The third kappa shape index (κ3) is 2.24. The maximum atomic E-state index is 11.5. The zero-order valence-electron chi connectivity index (χ0n) is 9.32. The van der Waals surface area contributed by atoms with Crippen molar-refractivity contribution in [1.29, 1.82) is 0 Å². The van der Waals surface area contributed by atoms with Gasteiger partial charge in [0.15, 0.2) is 0 Å². The monoisotopic (exact) mass is 217 g/mol. The van der Waals surface area contributed by atoms with E-state index in [-0.39, 0.29) is 5.56 Å². The number of aromatic nitrogens is 1. The Morgan fingerprint density at radius 2 is 2.19 bits per heavy atom. The number of pyridine rings is 1. The smallest absolute Gasteiger partial charge is 0.255 e. The van der Waals surface area contributed by atoms with Gasteiger partial charge in [-0.05, 0) is 30.0 Å². The normalized spacial score (nSPS) is 10.6. The minimum absolute atomic E-state index is 0.0709. The first-order valence-corrected chi connectivity index (χ1v) is 5.55. The van der Waals surface area contributed by atoms with Crippen molar-refractivity contribution < 1.29 is 4.74 Å². The third-order valence-electron chi connectivity index (χ3n) is 2.51. The van der Waals surface area contributed by atoms with Crippen molar-refractivity contribution >= 4 is 10.8 Å². The molecule has 1 aromatic carbocycles. The molecule has 0 amide bonds. The predicted molar refractivity (Wildman–Crippen MR) is 65.0 cm³/mol. The number of rotatable bonds is 4. The van der Waals surface area contributed by atoms with Gasteiger partial charge >= 0.3 is 0 Å². The summed E-state index contributed by atoms with van der Waals surface area (Å²) in [5.41, 5.74) is -0.0709. The molecule has 0 bridgehead atoms. The second kappa shape index (κ2) is 4.84. The van der Waals surface area contributed by atoms with Gasteiger partial charge in [-0.25, -0.2) is 0 Å². The molecule has 0 aliphatic rings. The summed E-state index contributed by atoms with van der Waals surface area (Å²) in [6.07, 6.45) is 3.79. The van der Waals surface area contributed by atoms with Gasteiger partial charge in [0.1, 0.15) is 5.75 Å². The van der Waals surface area contributed by atoms with Crippen LogP contribution in [0.1, 0.15) is 19.8 Å². The average Bonchev–Trinajstić information content (AvgIpc) is 2.30. The number of aromatic amines is 1. The fourth-order valence-corrected chi connectivity index (χ4v) is 1.59. The highest BCUT2D eigenvalue weighted by atomic mass is 16.5. The van der Waals surface area contributed by atoms with Crippen molar-refractivity contribution in [2.45, 2.75) is 19.8 Å². The van der Waals surface area contributed by atoms with Gasteiger partial charge in [-0.2, -0.15) is 0 Å². The number of hydrogen-bond donors (Lipinski definition) is 1. The lowest BCUT2D eigenvalue weighted by Gasteiger charge is -2.05. The van der Waals surface area contributed by atoms with E-state index < -0.39 is 0 Å². The van der Waals surface area contributed by atoms with Gasteiger partial charge in [0.05, 0.1) is 12.0 Å². The van der Waals surface area contributed by atoms with Crippen LogP contribution in [0.4, 0.5) is 0 Å². The Bertz CT molecular complexity index is 531. The third-order valence-corrected chi connectivity index (χ3v) is 2.51. The van der Waals surface area contributed by atoms with Crippen molar-refractivity contribution in [1.82, 2.24) is 4.98 Å². The Kier molecular flexibility index (Phi) is 3.25. The average molecular weight is 217 g/mol. The lowest BCUT2D eigenvalue weighted by Crippen LogP contribution is -2.05. The summed E-state index contributed by atoms with van der Waals surface area (Å²) in [4.78, 5) is 14.2. The summed E-state index contributed by atoms with van der Waals surface area (Å²) in [7, 11) is 0. The summed E-state index contributed by atoms with van der Waals surface area (Å²) >= 11 is 0. The highest BCUT2D eigenvalue weighted by Gasteiger charge is 2.00. The predicted octanol–water partition coefficient (Wildman–Crippen LogP) is 2.71. The standard InChI is InChI=1S/C13H15NO2/c1-2-3-8-16-11-5-4-10-6-7-14-13(15)12(10)9-11/h4-7,9H,2-3,8H2,1H3,(H,14,15). The van der Waals surface area contributed by atoms with Crippen LogP contribution >= 0.6 is 0 Å². The molecule has 0 saturated carbocycles. The van der Waals surface area contributed by atoms with E-state index in [2.05, 4.69) is 11.9 Å². The molecule has 0 atom stereocenters. The van der Waals surface area contributed by atoms with E-state index >= 15 is 0 Å². The molecule has 3 nitrogen and oxygen atoms in total. The molecule has 1 N–H and O–H groups in total. The van der Waals surface area contributed by atoms with E-state index in [1.165, 1.54) is 0 Å². The second-order valence-electron chi connectivity index (χ2n) is 3.76. The minimum Gasteiger partial charge on any atom is -0.494 e. The first-order valence-electron chi connectivity index (χ1n) is 5.55. The number of H-pyrrole nitrogens is 1. The lowest BCUT2D eigenvalue weighted by atomic mass is 10.2. The first-order chi connectivity index (χ1) is 7.81. The molecule has 0 radical (unpaired) electrons. The lowest BCUT2D eigenvalue weighted by molar-refractivity contribution is 0.310. The van der Waals surface area contributed by atoms with Gasteiger partial charge in [-0.3, -0.25) is 4.79 Å². The van der Waals surface area contributed by atoms with Crippen LogP contribution in [-0.4, -0.2) is 11.6 Å². The number of hydrogen-bond acceptors (Lipinski definition) is 2. The van der Waals surface area contributed by atoms with Gasteiger partial charge in [-0.1, -0.05) is 19.4 Å². The van der Waals surface area contributed by atoms with Crippen LogP contribution in [0.3, 0.4) is 0 Å². The molecule has 3 heteroatoms. The van der Waals surface area contributed by atoms with Gasteiger partial charge < -0.3 is 9.72 Å². The van der Waals surface area contributed by atoms with Crippen molar-refractivity contribution in [2.75, 3.05) is 6.61 Å². The van der Waals surface area contributed by atoms with E-state index in [0.717, 1.165) is 24.0 Å². The summed E-state index contributed by atoms with van der Waals surface area (Å²) in [5, 5.41) is 1.61. The van der Waals surface area contributed by atoms with Crippen LogP contribution in [0.2, 0.25) is 0 Å². The van der Waals surface area contributed by atoms with Crippen LogP contribution in [0, 0.1) is 0 Å². The van der Waals surface area contributed by atoms with Crippen LogP contribution < -0.4 is 10.3 Å². The Morgan fingerprint density at radius 1 is 1.31 bits per heavy atom. The number of ether oxygens (including phenoxy) is 1. The molecule has 16 heavy (non-hydrogen) atoms. The second-order valence-corrected chi connectivity index (χ2v) is 3.76. The summed E-state index contributed by atoms with van der Waals surface area (Å²) in [5.74, 6) is 0.762. The quantitative estimate of drug-likeness (QED) is 0.800.